The molecule has 0 spiro atoms. The minimum Gasteiger partial charge on any atom is -0.455 e. The molecule has 0 radical (unpaired) electrons. The molecule has 0 amide bonds. The van der Waals surface area contributed by atoms with Crippen LogP contribution in [0.2, 0.25) is 0 Å². The Morgan fingerprint density at radius 1 is 0.482 bits per heavy atom. The van der Waals surface area contributed by atoms with E-state index in [0.717, 1.165) is 77.5 Å². The van der Waals surface area contributed by atoms with E-state index in [-0.39, 0.29) is 12.3 Å². The molecule has 0 fully saturated rings. The van der Waals surface area contributed by atoms with Gasteiger partial charge >= 0.3 is 0 Å². The van der Waals surface area contributed by atoms with E-state index in [1.54, 1.807) is 0 Å². The number of hydrogen-bond acceptors (Lipinski definition) is 4. The number of amidine groups is 1. The molecule has 0 aliphatic carbocycles. The summed E-state index contributed by atoms with van der Waals surface area (Å²) in [4.78, 5) is 5.39. The number of aliphatic imine (C=N–C) groups is 1. The van der Waals surface area contributed by atoms with Gasteiger partial charge in [0.25, 0.3) is 0 Å². The minimum atomic E-state index is -0.354. The van der Waals surface area contributed by atoms with Gasteiger partial charge in [-0.05, 0) is 64.2 Å². The molecule has 0 saturated heterocycles. The van der Waals surface area contributed by atoms with Gasteiger partial charge in [0.05, 0.1) is 22.1 Å². The number of furan rings is 1. The van der Waals surface area contributed by atoms with Crippen LogP contribution in [0.3, 0.4) is 0 Å². The molecule has 0 saturated carbocycles. The third kappa shape index (κ3) is 5.40. The molecule has 1 aliphatic heterocycles. The maximum Gasteiger partial charge on any atom is 0.145 e. The third-order valence-corrected chi connectivity index (χ3v) is 11.1. The topological polar surface area (TPSA) is 54.5 Å². The monoisotopic (exact) mass is 720 g/mol. The second kappa shape index (κ2) is 13.3. The van der Waals surface area contributed by atoms with Crippen molar-refractivity contribution in [3.05, 3.63) is 211 Å². The second-order valence-electron chi connectivity index (χ2n) is 14.4. The van der Waals surface area contributed by atoms with E-state index in [1.165, 1.54) is 16.7 Å². The Labute approximate surface area is 324 Å². The summed E-state index contributed by atoms with van der Waals surface area (Å²) >= 11 is 0. The SMILES string of the molecule is c1ccc(C2=NC(c3ccccc3-n3c4ccc(-c5ccccc5)cc4c4c5oc6ccccc6c5ccc43)NC(c3ccc(-c4ccccc4)cc3)N2)cc1. The van der Waals surface area contributed by atoms with Crippen molar-refractivity contribution in [2.75, 3.05) is 0 Å². The fourth-order valence-electron chi connectivity index (χ4n) is 8.41. The number of para-hydroxylation sites is 2. The summed E-state index contributed by atoms with van der Waals surface area (Å²) in [6.07, 6.45) is -0.542. The zero-order valence-electron chi connectivity index (χ0n) is 30.4. The maximum absolute atomic E-state index is 6.72. The van der Waals surface area contributed by atoms with Crippen molar-refractivity contribution in [2.45, 2.75) is 12.3 Å². The molecule has 0 bridgehead atoms. The molecule has 2 N–H and O–H groups in total. The van der Waals surface area contributed by atoms with E-state index in [0.29, 0.717) is 0 Å². The maximum atomic E-state index is 6.72. The van der Waals surface area contributed by atoms with Crippen LogP contribution in [-0.2, 0) is 0 Å². The van der Waals surface area contributed by atoms with Gasteiger partial charge in [0.15, 0.2) is 0 Å². The van der Waals surface area contributed by atoms with E-state index >= 15 is 0 Å². The first-order valence-corrected chi connectivity index (χ1v) is 19.1. The normalized spacial score (nSPS) is 15.7. The number of fused-ring (bicyclic) bond motifs is 7. The molecule has 5 nitrogen and oxygen atoms in total. The molecule has 2 aromatic heterocycles. The van der Waals surface area contributed by atoms with Crippen LogP contribution in [0.25, 0.3) is 71.7 Å². The summed E-state index contributed by atoms with van der Waals surface area (Å²) in [6.45, 7) is 0. The van der Waals surface area contributed by atoms with Crippen LogP contribution in [0.5, 0.6) is 0 Å². The van der Waals surface area contributed by atoms with E-state index in [4.69, 9.17) is 9.41 Å². The summed E-state index contributed by atoms with van der Waals surface area (Å²) in [7, 11) is 0. The zero-order valence-corrected chi connectivity index (χ0v) is 30.4. The van der Waals surface area contributed by atoms with Crippen molar-refractivity contribution < 1.29 is 4.42 Å². The van der Waals surface area contributed by atoms with Crippen LogP contribution in [0.1, 0.15) is 29.0 Å². The first-order valence-electron chi connectivity index (χ1n) is 19.1. The van der Waals surface area contributed by atoms with E-state index in [1.807, 2.05) is 12.1 Å². The highest BCUT2D eigenvalue weighted by atomic mass is 16.3. The van der Waals surface area contributed by atoms with Gasteiger partial charge < -0.3 is 14.3 Å². The lowest BCUT2D eigenvalue weighted by Crippen LogP contribution is -2.45. The standard InChI is InChI=1S/C51H36N4O/c1-4-14-33(15-5-1)35-24-26-37(27-25-35)50-52-49(36-18-8-3-9-19-36)53-51(54-50)41-21-10-12-22-43(41)55-44-30-28-38(34-16-6-2-7-17-34)32-42(44)47-45(55)31-29-40-39-20-11-13-23-46(39)56-48(40)47/h1-32,50-51,54H,(H,52,53). The zero-order chi connectivity index (χ0) is 37.0. The smallest absolute Gasteiger partial charge is 0.145 e. The number of hydrogen-bond donors (Lipinski definition) is 2. The molecule has 10 aromatic rings. The Balaban J connectivity index is 1.10. The number of nitrogens with zero attached hydrogens (tertiary/aromatic N) is 2. The van der Waals surface area contributed by atoms with Crippen LogP contribution < -0.4 is 10.6 Å². The van der Waals surface area contributed by atoms with Gasteiger partial charge in [0.1, 0.15) is 29.3 Å². The van der Waals surface area contributed by atoms with Crippen LogP contribution in [-0.4, -0.2) is 10.4 Å². The average molecular weight is 721 g/mol. The lowest BCUT2D eigenvalue weighted by Gasteiger charge is -2.33. The van der Waals surface area contributed by atoms with Crippen molar-refractivity contribution in [1.82, 2.24) is 15.2 Å². The van der Waals surface area contributed by atoms with Crippen LogP contribution in [0.15, 0.2) is 204 Å². The molecule has 2 unspecified atom stereocenters. The highest BCUT2D eigenvalue weighted by molar-refractivity contribution is 6.24. The minimum absolute atomic E-state index is 0.188. The van der Waals surface area contributed by atoms with Crippen molar-refractivity contribution in [2.24, 2.45) is 4.99 Å². The molecule has 3 heterocycles. The number of rotatable bonds is 6. The van der Waals surface area contributed by atoms with Gasteiger partial charge in [-0.1, -0.05) is 158 Å². The fraction of sp³-hybridized carbons (Fsp3) is 0.0392. The predicted molar refractivity (Wildman–Crippen MR) is 230 cm³/mol. The van der Waals surface area contributed by atoms with E-state index in [2.05, 4.69) is 197 Å². The molecular formula is C51H36N4O. The van der Waals surface area contributed by atoms with Gasteiger partial charge in [0.2, 0.25) is 0 Å². The van der Waals surface area contributed by atoms with Gasteiger partial charge in [-0.3, -0.25) is 5.32 Å². The summed E-state index contributed by atoms with van der Waals surface area (Å²) in [6, 6.07) is 68.6. The van der Waals surface area contributed by atoms with Gasteiger partial charge in [-0.2, -0.15) is 0 Å². The van der Waals surface area contributed by atoms with Crippen molar-refractivity contribution in [3.63, 3.8) is 0 Å². The molecular weight excluding hydrogens is 685 g/mol. The molecule has 8 aromatic carbocycles. The average Bonchev–Trinajstić information content (AvgIpc) is 3.83. The van der Waals surface area contributed by atoms with E-state index < -0.39 is 0 Å². The highest BCUT2D eigenvalue weighted by Gasteiger charge is 2.29. The Morgan fingerprint density at radius 3 is 1.86 bits per heavy atom. The quantitative estimate of drug-likeness (QED) is 0.180. The van der Waals surface area contributed by atoms with Crippen molar-refractivity contribution in [3.8, 4) is 27.9 Å². The lowest BCUT2D eigenvalue weighted by molar-refractivity contribution is 0.408. The van der Waals surface area contributed by atoms with Crippen molar-refractivity contribution in [1.29, 1.82) is 0 Å². The molecule has 1 aliphatic rings. The number of aromatic nitrogens is 1. The summed E-state index contributed by atoms with van der Waals surface area (Å²) < 4.78 is 9.12. The van der Waals surface area contributed by atoms with E-state index in [9.17, 15) is 0 Å². The number of nitrogens with one attached hydrogen (secondary N) is 2. The summed E-state index contributed by atoms with van der Waals surface area (Å²) in [5.74, 6) is 0.847. The molecule has 5 heteroatoms. The fourth-order valence-corrected chi connectivity index (χ4v) is 8.41. The number of benzene rings is 8. The summed E-state index contributed by atoms with van der Waals surface area (Å²) in [5.41, 5.74) is 13.0. The summed E-state index contributed by atoms with van der Waals surface area (Å²) in [5, 5.41) is 12.1. The first-order chi connectivity index (χ1) is 27.8. The second-order valence-corrected chi connectivity index (χ2v) is 14.4. The van der Waals surface area contributed by atoms with Crippen LogP contribution in [0.4, 0.5) is 0 Å². The molecule has 266 valence electrons. The molecule has 11 rings (SSSR count). The van der Waals surface area contributed by atoms with Crippen LogP contribution >= 0.6 is 0 Å². The Bertz CT molecular complexity index is 3070. The molecule has 56 heavy (non-hydrogen) atoms. The molecule has 2 atom stereocenters. The largest absolute Gasteiger partial charge is 0.455 e. The Morgan fingerprint density at radius 2 is 1.09 bits per heavy atom. The third-order valence-electron chi connectivity index (χ3n) is 11.1. The van der Waals surface area contributed by atoms with Crippen LogP contribution in [0, 0.1) is 0 Å². The van der Waals surface area contributed by atoms with Crippen molar-refractivity contribution >= 4 is 49.6 Å². The van der Waals surface area contributed by atoms with Gasteiger partial charge in [-0.15, -0.1) is 0 Å². The Hall–Kier alpha value is -7.21. The Kier molecular flexibility index (Phi) is 7.64. The highest BCUT2D eigenvalue weighted by Crippen LogP contribution is 2.43. The van der Waals surface area contributed by atoms with Gasteiger partial charge in [0, 0.05) is 27.3 Å². The first kappa shape index (κ1) is 32.2. The van der Waals surface area contributed by atoms with Gasteiger partial charge in [-0.25, -0.2) is 4.99 Å². The lowest BCUT2D eigenvalue weighted by atomic mass is 10.0. The predicted octanol–water partition coefficient (Wildman–Crippen LogP) is 12.4.